The summed E-state index contributed by atoms with van der Waals surface area (Å²) in [5.41, 5.74) is 0. The summed E-state index contributed by atoms with van der Waals surface area (Å²) in [6.45, 7) is 1.51. The maximum absolute atomic E-state index is 12.9. The van der Waals surface area contributed by atoms with E-state index in [-0.39, 0.29) is 30.4 Å². The fraction of sp³-hybridized carbons (Fsp3) is 0.429. The number of nitrogens with one attached hydrogen (secondary N) is 1. The molecule has 178 valence electrons. The SMILES string of the molecule is O=C(NC1CCN(C(=O)c2ccc(COc3ccc4ccccc4c3)o2)CC1)C1CCCCC1. The van der Waals surface area contributed by atoms with Gasteiger partial charge in [-0.3, -0.25) is 9.59 Å². The number of carbonyl (C=O) groups is 2. The lowest BCUT2D eigenvalue weighted by Crippen LogP contribution is -2.48. The first-order chi connectivity index (χ1) is 16.7. The molecule has 2 fully saturated rings. The Hall–Kier alpha value is -3.28. The summed E-state index contributed by atoms with van der Waals surface area (Å²) in [6, 6.07) is 17.8. The third-order valence-corrected chi connectivity index (χ3v) is 7.08. The highest BCUT2D eigenvalue weighted by Gasteiger charge is 2.28. The van der Waals surface area contributed by atoms with E-state index in [0.29, 0.717) is 24.6 Å². The van der Waals surface area contributed by atoms with Gasteiger partial charge in [-0.2, -0.15) is 0 Å². The zero-order valence-corrected chi connectivity index (χ0v) is 19.5. The fourth-order valence-corrected chi connectivity index (χ4v) is 5.05. The summed E-state index contributed by atoms with van der Waals surface area (Å²) in [6.07, 6.45) is 7.14. The Morgan fingerprint density at radius 2 is 1.68 bits per heavy atom. The molecule has 1 aliphatic carbocycles. The summed E-state index contributed by atoms with van der Waals surface area (Å²) in [5, 5.41) is 5.50. The van der Waals surface area contributed by atoms with Gasteiger partial charge >= 0.3 is 0 Å². The summed E-state index contributed by atoms with van der Waals surface area (Å²) >= 11 is 0. The average Bonchev–Trinajstić information content (AvgIpc) is 3.37. The zero-order valence-electron chi connectivity index (χ0n) is 19.5. The molecule has 0 bridgehead atoms. The molecule has 6 nitrogen and oxygen atoms in total. The van der Waals surface area contributed by atoms with Gasteiger partial charge in [-0.1, -0.05) is 49.6 Å². The highest BCUT2D eigenvalue weighted by Crippen LogP contribution is 2.25. The third-order valence-electron chi connectivity index (χ3n) is 7.08. The molecule has 1 aliphatic heterocycles. The monoisotopic (exact) mass is 460 g/mol. The third kappa shape index (κ3) is 5.27. The number of furan rings is 1. The van der Waals surface area contributed by atoms with E-state index in [2.05, 4.69) is 17.4 Å². The quantitative estimate of drug-likeness (QED) is 0.541. The topological polar surface area (TPSA) is 71.8 Å². The van der Waals surface area contributed by atoms with Crippen molar-refractivity contribution in [3.63, 3.8) is 0 Å². The minimum Gasteiger partial charge on any atom is -0.486 e. The molecule has 5 rings (SSSR count). The number of hydrogen-bond acceptors (Lipinski definition) is 4. The number of likely N-dealkylation sites (tertiary alicyclic amines) is 1. The van der Waals surface area contributed by atoms with Gasteiger partial charge in [0.1, 0.15) is 18.1 Å². The smallest absolute Gasteiger partial charge is 0.289 e. The van der Waals surface area contributed by atoms with Gasteiger partial charge in [0, 0.05) is 25.0 Å². The standard InChI is InChI=1S/C28H32N2O4/c31-27(21-7-2-1-3-8-21)29-23-14-16-30(17-15-23)28(32)26-13-12-25(34-26)19-33-24-11-10-20-6-4-5-9-22(20)18-24/h4-6,9-13,18,21,23H,1-3,7-8,14-17,19H2,(H,29,31). The second-order valence-corrected chi connectivity index (χ2v) is 9.47. The average molecular weight is 461 g/mol. The molecule has 3 aromatic rings. The van der Waals surface area contributed by atoms with Gasteiger partial charge in [-0.05, 0) is 60.7 Å². The van der Waals surface area contributed by atoms with Gasteiger partial charge in [-0.25, -0.2) is 0 Å². The van der Waals surface area contributed by atoms with E-state index in [0.717, 1.165) is 55.0 Å². The minimum atomic E-state index is -0.103. The summed E-state index contributed by atoms with van der Waals surface area (Å²) in [7, 11) is 0. The molecule has 0 spiro atoms. The van der Waals surface area contributed by atoms with Crippen LogP contribution in [0.1, 0.15) is 61.3 Å². The predicted octanol–water partition coefficient (Wildman–Crippen LogP) is 5.31. The number of piperidine rings is 1. The largest absolute Gasteiger partial charge is 0.486 e. The van der Waals surface area contributed by atoms with Crippen molar-refractivity contribution in [1.82, 2.24) is 10.2 Å². The molecule has 34 heavy (non-hydrogen) atoms. The Morgan fingerprint density at radius 1 is 0.912 bits per heavy atom. The summed E-state index contributed by atoms with van der Waals surface area (Å²) in [4.78, 5) is 27.2. The predicted molar refractivity (Wildman–Crippen MR) is 131 cm³/mol. The zero-order chi connectivity index (χ0) is 23.3. The van der Waals surface area contributed by atoms with Crippen LogP contribution in [0.4, 0.5) is 0 Å². The second-order valence-electron chi connectivity index (χ2n) is 9.47. The number of hydrogen-bond donors (Lipinski definition) is 1. The maximum Gasteiger partial charge on any atom is 0.289 e. The van der Waals surface area contributed by atoms with E-state index in [4.69, 9.17) is 9.15 Å². The van der Waals surface area contributed by atoms with Gasteiger partial charge < -0.3 is 19.4 Å². The van der Waals surface area contributed by atoms with Crippen LogP contribution in [-0.4, -0.2) is 35.8 Å². The van der Waals surface area contributed by atoms with E-state index >= 15 is 0 Å². The van der Waals surface area contributed by atoms with E-state index in [1.165, 1.54) is 6.42 Å². The van der Waals surface area contributed by atoms with Crippen LogP contribution in [0.3, 0.4) is 0 Å². The van der Waals surface area contributed by atoms with Gasteiger partial charge in [0.2, 0.25) is 5.91 Å². The van der Waals surface area contributed by atoms with Crippen molar-refractivity contribution >= 4 is 22.6 Å². The van der Waals surface area contributed by atoms with Gasteiger partial charge in [0.15, 0.2) is 5.76 Å². The number of fused-ring (bicyclic) bond motifs is 1. The van der Waals surface area contributed by atoms with E-state index in [1.54, 1.807) is 12.1 Å². The number of amides is 2. The molecule has 1 saturated heterocycles. The summed E-state index contributed by atoms with van der Waals surface area (Å²) < 4.78 is 11.7. The lowest BCUT2D eigenvalue weighted by atomic mass is 9.88. The lowest BCUT2D eigenvalue weighted by Gasteiger charge is -2.33. The van der Waals surface area contributed by atoms with Crippen LogP contribution in [0.25, 0.3) is 10.8 Å². The molecule has 2 heterocycles. The molecular weight excluding hydrogens is 428 g/mol. The Balaban J connectivity index is 1.10. The van der Waals surface area contributed by atoms with Crippen LogP contribution in [0.2, 0.25) is 0 Å². The van der Waals surface area contributed by atoms with E-state index in [9.17, 15) is 9.59 Å². The molecule has 2 amide bonds. The molecule has 1 N–H and O–H groups in total. The highest BCUT2D eigenvalue weighted by molar-refractivity contribution is 5.91. The lowest BCUT2D eigenvalue weighted by molar-refractivity contribution is -0.126. The van der Waals surface area contributed by atoms with E-state index < -0.39 is 0 Å². The van der Waals surface area contributed by atoms with Crippen molar-refractivity contribution in [2.75, 3.05) is 13.1 Å². The van der Waals surface area contributed by atoms with Crippen molar-refractivity contribution in [1.29, 1.82) is 0 Å². The second kappa shape index (κ2) is 10.3. The first kappa shape index (κ1) is 22.5. The molecule has 2 aromatic carbocycles. The molecule has 0 unspecified atom stereocenters. The van der Waals surface area contributed by atoms with Gasteiger partial charge in [0.25, 0.3) is 5.91 Å². The van der Waals surface area contributed by atoms with Crippen molar-refractivity contribution in [2.45, 2.75) is 57.6 Å². The Kier molecular flexibility index (Phi) is 6.84. The summed E-state index contributed by atoms with van der Waals surface area (Å²) in [5.74, 6) is 1.99. The fourth-order valence-electron chi connectivity index (χ4n) is 5.05. The van der Waals surface area contributed by atoms with Crippen LogP contribution in [-0.2, 0) is 11.4 Å². The minimum absolute atomic E-state index is 0.103. The molecule has 1 saturated carbocycles. The number of benzene rings is 2. The van der Waals surface area contributed by atoms with Crippen LogP contribution in [0.15, 0.2) is 59.0 Å². The van der Waals surface area contributed by atoms with Crippen molar-refractivity contribution in [3.05, 3.63) is 66.1 Å². The van der Waals surface area contributed by atoms with Crippen LogP contribution in [0, 0.1) is 5.92 Å². The Morgan fingerprint density at radius 3 is 2.47 bits per heavy atom. The molecule has 2 aliphatic rings. The van der Waals surface area contributed by atoms with Crippen LogP contribution >= 0.6 is 0 Å². The van der Waals surface area contributed by atoms with Gasteiger partial charge in [-0.15, -0.1) is 0 Å². The van der Waals surface area contributed by atoms with Crippen LogP contribution in [0.5, 0.6) is 5.75 Å². The normalized spacial score (nSPS) is 17.6. The first-order valence-electron chi connectivity index (χ1n) is 12.5. The molecule has 0 radical (unpaired) electrons. The van der Waals surface area contributed by atoms with Gasteiger partial charge in [0.05, 0.1) is 0 Å². The molecular formula is C28H32N2O4. The molecule has 1 aromatic heterocycles. The highest BCUT2D eigenvalue weighted by atomic mass is 16.5. The number of nitrogens with zero attached hydrogens (tertiary/aromatic N) is 1. The Labute approximate surface area is 200 Å². The number of carbonyl (C=O) groups excluding carboxylic acids is 2. The number of rotatable bonds is 6. The number of ether oxygens (including phenoxy) is 1. The maximum atomic E-state index is 12.9. The van der Waals surface area contributed by atoms with Crippen molar-refractivity contribution in [2.24, 2.45) is 5.92 Å². The van der Waals surface area contributed by atoms with Crippen LogP contribution < -0.4 is 10.1 Å². The molecule has 0 atom stereocenters. The van der Waals surface area contributed by atoms with Crippen molar-refractivity contribution < 1.29 is 18.7 Å². The Bertz CT molecular complexity index is 1140. The molecule has 6 heteroatoms. The van der Waals surface area contributed by atoms with E-state index in [1.807, 2.05) is 35.2 Å². The first-order valence-corrected chi connectivity index (χ1v) is 12.5. The van der Waals surface area contributed by atoms with Crippen molar-refractivity contribution in [3.8, 4) is 5.75 Å².